The number of rotatable bonds is 4. The van der Waals surface area contributed by atoms with Gasteiger partial charge in [0.2, 0.25) is 6.23 Å². The molecule has 2 aliphatic carbocycles. The van der Waals surface area contributed by atoms with Gasteiger partial charge in [0, 0.05) is 5.56 Å². The van der Waals surface area contributed by atoms with E-state index in [4.69, 9.17) is 16.2 Å². The van der Waals surface area contributed by atoms with E-state index < -0.39 is 33.6 Å². The smallest absolute Gasteiger partial charge is 0.748 e. The van der Waals surface area contributed by atoms with Gasteiger partial charge in [-0.15, -0.1) is 0 Å². The second kappa shape index (κ2) is 13.5. The first kappa shape index (κ1) is 33.5. The van der Waals surface area contributed by atoms with Gasteiger partial charge in [-0.05, 0) is 108 Å². The largest absolute Gasteiger partial charge is 1.00 e. The molecule has 3 aliphatic heterocycles. The van der Waals surface area contributed by atoms with Crippen LogP contribution in [0.4, 0.5) is 0 Å². The van der Waals surface area contributed by atoms with Crippen molar-refractivity contribution in [3.8, 4) is 11.5 Å². The average molecular weight is 640 g/mol. The molecule has 9 nitrogen and oxygen atoms in total. The molecule has 45 heavy (non-hydrogen) atoms. The molecule has 11 heteroatoms. The number of aliphatic imine (C=N–C) groups is 1. The number of guanidine groups is 1. The van der Waals surface area contributed by atoms with Crippen LogP contribution in [0.1, 0.15) is 84.6 Å². The minimum Gasteiger partial charge on any atom is -0.748 e. The predicted octanol–water partition coefficient (Wildman–Crippen LogP) is 1.88. The van der Waals surface area contributed by atoms with Gasteiger partial charge in [0.05, 0.1) is 15.4 Å². The van der Waals surface area contributed by atoms with Gasteiger partial charge in [0.25, 0.3) is 0 Å². The molecule has 0 amide bonds. The van der Waals surface area contributed by atoms with Crippen molar-refractivity contribution in [3.05, 3.63) is 106 Å². The zero-order valence-electron chi connectivity index (χ0n) is 25.5. The summed E-state index contributed by atoms with van der Waals surface area (Å²) < 4.78 is 45.9. The summed E-state index contributed by atoms with van der Waals surface area (Å²) in [5.41, 5.74) is 16.5. The maximum absolute atomic E-state index is 13.2. The monoisotopic (exact) mass is 639 g/mol. The third-order valence-corrected chi connectivity index (χ3v) is 10.9. The van der Waals surface area contributed by atoms with Crippen LogP contribution in [0, 0.1) is 11.8 Å². The molecule has 8 rings (SSSR count). The van der Waals surface area contributed by atoms with Crippen molar-refractivity contribution in [2.75, 3.05) is 0 Å². The van der Waals surface area contributed by atoms with Crippen LogP contribution < -0.4 is 45.8 Å². The Morgan fingerprint density at radius 1 is 0.978 bits per heavy atom. The fourth-order valence-electron chi connectivity index (χ4n) is 7.36. The van der Waals surface area contributed by atoms with Crippen LogP contribution in [0.5, 0.6) is 11.5 Å². The first-order valence-electron chi connectivity index (χ1n) is 15.1. The van der Waals surface area contributed by atoms with Gasteiger partial charge in [-0.1, -0.05) is 55.5 Å². The number of phenolic OH excluding ortho intramolecular Hbond substituents is 1. The summed E-state index contributed by atoms with van der Waals surface area (Å²) in [6.07, 6.45) is 2.95. The topological polar surface area (TPSA) is 171 Å². The number of hydrogen-bond donors (Lipinski definition) is 4. The summed E-state index contributed by atoms with van der Waals surface area (Å²) >= 11 is 0. The number of benzene rings is 3. The molecule has 0 spiro atoms. The minimum atomic E-state index is -4.76. The van der Waals surface area contributed by atoms with Crippen LogP contribution in [0.3, 0.4) is 0 Å². The van der Waals surface area contributed by atoms with Gasteiger partial charge in [-0.2, -0.15) is 0 Å². The van der Waals surface area contributed by atoms with Crippen LogP contribution in [0.25, 0.3) is 0 Å². The summed E-state index contributed by atoms with van der Waals surface area (Å²) in [7, 11) is -4.76. The summed E-state index contributed by atoms with van der Waals surface area (Å²) in [5.74, 6) is -0.346. The molecule has 232 valence electrons. The van der Waals surface area contributed by atoms with Gasteiger partial charge < -0.3 is 31.0 Å². The molecular weight excluding hydrogens is 601 g/mol. The number of nitrogens with zero attached hydrogens (tertiary/aromatic N) is 1. The van der Waals surface area contributed by atoms with Gasteiger partial charge in [-0.25, -0.2) is 13.4 Å². The van der Waals surface area contributed by atoms with Crippen molar-refractivity contribution >= 4 is 16.1 Å². The van der Waals surface area contributed by atoms with E-state index in [1.165, 1.54) is 12.1 Å². The number of aliphatic hydroxyl groups is 1. The molecule has 7 atom stereocenters. The van der Waals surface area contributed by atoms with Gasteiger partial charge in [0.15, 0.2) is 5.96 Å². The standard InChI is InChI=1S/C34H39N3O6S.Na/c1-19-2-3-23-16-26-13-15-28(23)29(19)18-31(44(40,41)42)30-17-24(32(39)21-8-11-25(38)12-9-21)10-14-27(30)20-4-6-22(7-5-20)33(43-26)37-34(35)36;/h4-9,11-13,15-17,19,27,29-33,38-39H,2-3,10,14,18H2,1H3,(H4,35,36,37)(H,40,41,42);/q;+1/p-1/t19-,27-,29+,30+,31+,32-,33-;/m0./s1. The average Bonchev–Trinajstić information content (AvgIpc) is 3.00. The van der Waals surface area contributed by atoms with Gasteiger partial charge in [-0.3, -0.25) is 0 Å². The van der Waals surface area contributed by atoms with Crippen molar-refractivity contribution in [3.63, 3.8) is 0 Å². The zero-order valence-corrected chi connectivity index (χ0v) is 28.4. The van der Waals surface area contributed by atoms with Crippen molar-refractivity contribution in [2.45, 2.75) is 68.4 Å². The number of aromatic hydroxyl groups is 1. The van der Waals surface area contributed by atoms with Gasteiger partial charge >= 0.3 is 29.6 Å². The molecule has 3 heterocycles. The van der Waals surface area contributed by atoms with E-state index in [1.54, 1.807) is 12.1 Å². The number of aliphatic hydroxyl groups excluding tert-OH is 1. The Kier molecular flexibility index (Phi) is 10.0. The zero-order chi connectivity index (χ0) is 31.2. The van der Waals surface area contributed by atoms with Crippen LogP contribution in [-0.4, -0.2) is 34.4 Å². The number of ether oxygens (including phenoxy) is 1. The third kappa shape index (κ3) is 7.11. The van der Waals surface area contributed by atoms with Crippen molar-refractivity contribution in [2.24, 2.45) is 28.3 Å². The number of phenols is 1. The Balaban J connectivity index is 0.00000400. The first-order chi connectivity index (χ1) is 21.0. The quantitative estimate of drug-likeness (QED) is 0.110. The molecule has 0 unspecified atom stereocenters. The van der Waals surface area contributed by atoms with E-state index in [0.29, 0.717) is 29.7 Å². The second-order valence-electron chi connectivity index (χ2n) is 12.4. The van der Waals surface area contributed by atoms with Crippen molar-refractivity contribution in [1.82, 2.24) is 0 Å². The Bertz CT molecular complexity index is 1690. The number of aryl methyl sites for hydroxylation is 1. The first-order valence-corrected chi connectivity index (χ1v) is 16.6. The predicted molar refractivity (Wildman–Crippen MR) is 167 cm³/mol. The summed E-state index contributed by atoms with van der Waals surface area (Å²) in [6.45, 7) is 2.11. The normalized spacial score (nSPS) is 26.6. The molecule has 0 aromatic heterocycles. The Hall–Kier alpha value is -2.86. The van der Waals surface area contributed by atoms with E-state index in [1.807, 2.05) is 48.5 Å². The van der Waals surface area contributed by atoms with Gasteiger partial charge in [0.1, 0.15) is 17.6 Å². The summed E-state index contributed by atoms with van der Waals surface area (Å²) in [4.78, 5) is 4.34. The molecule has 3 aromatic carbocycles. The molecule has 6 bridgehead atoms. The number of fused-ring (bicyclic) bond motifs is 2. The Labute approximate surface area is 286 Å². The molecule has 0 fully saturated rings. The van der Waals surface area contributed by atoms with Crippen LogP contribution >= 0.6 is 0 Å². The van der Waals surface area contributed by atoms with E-state index in [2.05, 4.69) is 11.9 Å². The SMILES string of the molecule is C[C@H]1CCc2cc3ccc2[C@@H]1C[C@@H](S(=O)(=O)[O-])[C@@H]1C=C([C@@H](O)c2ccc(O)cc2)CC[C@H]1c1ccc(cc1)[C@@H](N=C(N)N)O3.[Na+]. The fourth-order valence-corrected chi connectivity index (χ4v) is 8.45. The van der Waals surface area contributed by atoms with Crippen LogP contribution in [-0.2, 0) is 16.5 Å². The van der Waals surface area contributed by atoms with Crippen LogP contribution in [0.15, 0.2) is 83.4 Å². The molecule has 3 aromatic rings. The van der Waals surface area contributed by atoms with E-state index in [-0.39, 0.29) is 65.4 Å². The van der Waals surface area contributed by atoms with Crippen LogP contribution in [0.2, 0.25) is 0 Å². The summed E-state index contributed by atoms with van der Waals surface area (Å²) in [6, 6.07) is 19.7. The minimum absolute atomic E-state index is 0. The fraction of sp³-hybridized carbons (Fsp3) is 0.382. The molecule has 0 saturated heterocycles. The molecule has 0 radical (unpaired) electrons. The van der Waals surface area contributed by atoms with Crippen molar-refractivity contribution in [1.29, 1.82) is 0 Å². The number of nitrogens with two attached hydrogens (primary N) is 2. The third-order valence-electron chi connectivity index (χ3n) is 9.70. The molecule has 6 N–H and O–H groups in total. The second-order valence-corrected chi connectivity index (χ2v) is 14.0. The maximum atomic E-state index is 13.2. The molecule has 0 saturated carbocycles. The maximum Gasteiger partial charge on any atom is 1.00 e. The molecule has 5 aliphatic rings. The summed E-state index contributed by atoms with van der Waals surface area (Å²) in [5, 5.41) is 19.9. The van der Waals surface area contributed by atoms with E-state index >= 15 is 0 Å². The Morgan fingerprint density at radius 3 is 2.33 bits per heavy atom. The van der Waals surface area contributed by atoms with E-state index in [9.17, 15) is 23.2 Å². The number of hydrogen-bond acceptors (Lipinski definition) is 7. The van der Waals surface area contributed by atoms with E-state index in [0.717, 1.165) is 35.1 Å². The molecular formula is C34H38N3NaO6S. The number of allylic oxidation sites excluding steroid dienone is 1. The Morgan fingerprint density at radius 2 is 1.67 bits per heavy atom. The van der Waals surface area contributed by atoms with Crippen molar-refractivity contribution < 1.29 is 57.5 Å².